The summed E-state index contributed by atoms with van der Waals surface area (Å²) in [5.41, 5.74) is -0.0264. The first-order chi connectivity index (χ1) is 11.8. The first-order valence-electron chi connectivity index (χ1n) is 6.80. The molecule has 130 valence electrons. The van der Waals surface area contributed by atoms with Crippen molar-refractivity contribution in [3.63, 3.8) is 0 Å². The second-order valence-corrected chi connectivity index (χ2v) is 6.80. The molecule has 6 nitrogen and oxygen atoms in total. The monoisotopic (exact) mass is 382 g/mol. The molecule has 0 atom stereocenters. The van der Waals surface area contributed by atoms with Gasteiger partial charge in [0.05, 0.1) is 17.7 Å². The van der Waals surface area contributed by atoms with E-state index in [4.69, 9.17) is 21.6 Å². The number of hydrogen-bond acceptors (Lipinski definition) is 6. The molecule has 9 heteroatoms. The SMILES string of the molecule is COc1cc(/C(C#N)=N/OS(=O)(=O)c2ccc(C)cc2)c(F)cc1Cl. The summed E-state index contributed by atoms with van der Waals surface area (Å²) >= 11 is 5.78. The molecule has 0 aromatic heterocycles. The van der Waals surface area contributed by atoms with Crippen LogP contribution in [0.4, 0.5) is 4.39 Å². The van der Waals surface area contributed by atoms with E-state index in [0.717, 1.165) is 17.7 Å². The summed E-state index contributed by atoms with van der Waals surface area (Å²) in [7, 11) is -2.94. The Bertz CT molecular complexity index is 967. The standard InChI is InChI=1S/C16H12ClFN2O4S/c1-10-3-5-11(6-4-10)25(21,22)24-20-15(9-19)12-7-16(23-2)13(17)8-14(12)18/h3-8H,1-2H3/b20-15+. The highest BCUT2D eigenvalue weighted by molar-refractivity contribution is 7.86. The topological polar surface area (TPSA) is 88.8 Å². The number of rotatable bonds is 5. The van der Waals surface area contributed by atoms with Gasteiger partial charge in [-0.25, -0.2) is 4.39 Å². The Hall–Kier alpha value is -2.63. The summed E-state index contributed by atoms with van der Waals surface area (Å²) < 4.78 is 47.6. The van der Waals surface area contributed by atoms with Crippen molar-refractivity contribution in [1.82, 2.24) is 0 Å². The minimum absolute atomic E-state index is 0.00534. The third-order valence-electron chi connectivity index (χ3n) is 3.14. The minimum atomic E-state index is -4.25. The predicted octanol–water partition coefficient (Wildman–Crippen LogP) is 3.43. The van der Waals surface area contributed by atoms with E-state index in [2.05, 4.69) is 9.44 Å². The van der Waals surface area contributed by atoms with E-state index in [1.165, 1.54) is 19.2 Å². The van der Waals surface area contributed by atoms with Gasteiger partial charge in [0, 0.05) is 0 Å². The zero-order valence-electron chi connectivity index (χ0n) is 13.2. The molecule has 25 heavy (non-hydrogen) atoms. The molecule has 0 unspecified atom stereocenters. The quantitative estimate of drug-likeness (QED) is 0.583. The molecule has 2 aromatic carbocycles. The molecule has 0 aliphatic heterocycles. The van der Waals surface area contributed by atoms with Crippen molar-refractivity contribution in [2.24, 2.45) is 5.16 Å². The number of hydrogen-bond donors (Lipinski definition) is 0. The maximum Gasteiger partial charge on any atom is 0.358 e. The Morgan fingerprint density at radius 3 is 2.48 bits per heavy atom. The smallest absolute Gasteiger partial charge is 0.358 e. The molecule has 0 N–H and O–H groups in total. The molecule has 0 heterocycles. The van der Waals surface area contributed by atoms with Gasteiger partial charge in [-0.3, -0.25) is 4.28 Å². The second kappa shape index (κ2) is 7.51. The van der Waals surface area contributed by atoms with E-state index in [9.17, 15) is 12.8 Å². The third-order valence-corrected chi connectivity index (χ3v) is 4.55. The number of nitriles is 1. The van der Waals surface area contributed by atoms with Crippen molar-refractivity contribution in [2.75, 3.05) is 7.11 Å². The van der Waals surface area contributed by atoms with Gasteiger partial charge in [-0.15, -0.1) is 0 Å². The van der Waals surface area contributed by atoms with Crippen LogP contribution in [0.15, 0.2) is 46.4 Å². The fourth-order valence-corrected chi connectivity index (χ4v) is 2.79. The molecular formula is C16H12ClFN2O4S. The number of benzene rings is 2. The summed E-state index contributed by atoms with van der Waals surface area (Å²) in [6, 6.07) is 9.46. The van der Waals surface area contributed by atoms with Crippen LogP contribution in [0.3, 0.4) is 0 Å². The van der Waals surface area contributed by atoms with Gasteiger partial charge < -0.3 is 4.74 Å². The van der Waals surface area contributed by atoms with Crippen molar-refractivity contribution >= 4 is 27.4 Å². The first kappa shape index (κ1) is 18.7. The number of aryl methyl sites for hydroxylation is 1. The zero-order chi connectivity index (χ0) is 18.6. The minimum Gasteiger partial charge on any atom is -0.495 e. The number of nitrogens with zero attached hydrogens (tertiary/aromatic N) is 2. The van der Waals surface area contributed by atoms with Gasteiger partial charge in [0.25, 0.3) is 0 Å². The van der Waals surface area contributed by atoms with Crippen molar-refractivity contribution in [3.05, 3.63) is 58.4 Å². The molecular weight excluding hydrogens is 371 g/mol. The zero-order valence-corrected chi connectivity index (χ0v) is 14.7. The Labute approximate surface area is 149 Å². The van der Waals surface area contributed by atoms with Crippen molar-refractivity contribution in [2.45, 2.75) is 11.8 Å². The third kappa shape index (κ3) is 4.26. The van der Waals surface area contributed by atoms with Gasteiger partial charge in [0.2, 0.25) is 0 Å². The Kier molecular flexibility index (Phi) is 5.62. The van der Waals surface area contributed by atoms with Crippen LogP contribution in [0.1, 0.15) is 11.1 Å². The van der Waals surface area contributed by atoms with Crippen LogP contribution in [0.2, 0.25) is 5.02 Å². The van der Waals surface area contributed by atoms with Gasteiger partial charge in [0.15, 0.2) is 5.71 Å². The average Bonchev–Trinajstić information content (AvgIpc) is 2.57. The van der Waals surface area contributed by atoms with Gasteiger partial charge >= 0.3 is 10.1 Å². The summed E-state index contributed by atoms with van der Waals surface area (Å²) in [5, 5.41) is 12.4. The van der Waals surface area contributed by atoms with E-state index < -0.39 is 21.6 Å². The highest BCUT2D eigenvalue weighted by Crippen LogP contribution is 2.28. The first-order valence-corrected chi connectivity index (χ1v) is 8.59. The largest absolute Gasteiger partial charge is 0.495 e. The fourth-order valence-electron chi connectivity index (χ4n) is 1.83. The van der Waals surface area contributed by atoms with Gasteiger partial charge in [-0.1, -0.05) is 34.5 Å². The van der Waals surface area contributed by atoms with E-state index >= 15 is 0 Å². The van der Waals surface area contributed by atoms with Crippen molar-refractivity contribution in [1.29, 1.82) is 5.26 Å². The van der Waals surface area contributed by atoms with Crippen LogP contribution in [-0.2, 0) is 14.4 Å². The van der Waals surface area contributed by atoms with Gasteiger partial charge in [-0.2, -0.15) is 13.7 Å². The van der Waals surface area contributed by atoms with Crippen LogP contribution in [0.25, 0.3) is 0 Å². The summed E-state index contributed by atoms with van der Waals surface area (Å²) in [4.78, 5) is -0.145. The molecule has 0 aliphatic rings. The number of halogens is 2. The van der Waals surface area contributed by atoms with Gasteiger partial charge in [0.1, 0.15) is 22.5 Å². The summed E-state index contributed by atoms with van der Waals surface area (Å²) in [6.45, 7) is 1.79. The lowest BCUT2D eigenvalue weighted by atomic mass is 10.1. The lowest BCUT2D eigenvalue weighted by Gasteiger charge is -2.07. The highest BCUT2D eigenvalue weighted by atomic mass is 35.5. The maximum atomic E-state index is 14.0. The lowest BCUT2D eigenvalue weighted by Crippen LogP contribution is -2.07. The average molecular weight is 383 g/mol. The Balaban J connectivity index is 2.39. The molecule has 0 saturated carbocycles. The highest BCUT2D eigenvalue weighted by Gasteiger charge is 2.19. The van der Waals surface area contributed by atoms with Crippen molar-refractivity contribution in [3.8, 4) is 11.8 Å². The second-order valence-electron chi connectivity index (χ2n) is 4.86. The normalized spacial score (nSPS) is 11.7. The summed E-state index contributed by atoms with van der Waals surface area (Å²) in [5.74, 6) is -0.773. The van der Waals surface area contributed by atoms with E-state index in [0.29, 0.717) is 0 Å². The fraction of sp³-hybridized carbons (Fsp3) is 0.125. The molecule has 2 rings (SSSR count). The number of oxime groups is 1. The maximum absolute atomic E-state index is 14.0. The van der Waals surface area contributed by atoms with E-state index in [-0.39, 0.29) is 21.2 Å². The Morgan fingerprint density at radius 2 is 1.92 bits per heavy atom. The molecule has 0 spiro atoms. The molecule has 0 bridgehead atoms. The van der Waals surface area contributed by atoms with Crippen LogP contribution < -0.4 is 4.74 Å². The molecule has 0 fully saturated rings. The van der Waals surface area contributed by atoms with Crippen LogP contribution in [0.5, 0.6) is 5.75 Å². The van der Waals surface area contributed by atoms with E-state index in [1.54, 1.807) is 25.1 Å². The molecule has 0 amide bonds. The van der Waals surface area contributed by atoms with Crippen LogP contribution >= 0.6 is 11.6 Å². The number of ether oxygens (including phenoxy) is 1. The van der Waals surface area contributed by atoms with E-state index in [1.807, 2.05) is 0 Å². The van der Waals surface area contributed by atoms with Crippen molar-refractivity contribution < 1.29 is 21.8 Å². The lowest BCUT2D eigenvalue weighted by molar-refractivity contribution is 0.339. The molecule has 0 aliphatic carbocycles. The van der Waals surface area contributed by atoms with Gasteiger partial charge in [-0.05, 0) is 31.2 Å². The molecule has 2 aromatic rings. The molecule has 0 radical (unpaired) electrons. The molecule has 0 saturated heterocycles. The predicted molar refractivity (Wildman–Crippen MR) is 89.6 cm³/mol. The van der Waals surface area contributed by atoms with Crippen LogP contribution in [0, 0.1) is 24.1 Å². The summed E-state index contributed by atoms with van der Waals surface area (Å²) in [6.07, 6.45) is 0. The number of methoxy groups -OCH3 is 1. The Morgan fingerprint density at radius 1 is 1.28 bits per heavy atom. The van der Waals surface area contributed by atoms with Crippen LogP contribution in [-0.4, -0.2) is 21.2 Å².